The van der Waals surface area contributed by atoms with Crippen LogP contribution in [0.1, 0.15) is 21.7 Å². The summed E-state index contributed by atoms with van der Waals surface area (Å²) in [5, 5.41) is 12.0. The first kappa shape index (κ1) is 28.2. The van der Waals surface area contributed by atoms with Gasteiger partial charge >= 0.3 is 0 Å². The van der Waals surface area contributed by atoms with E-state index in [4.69, 9.17) is 4.52 Å². The van der Waals surface area contributed by atoms with Crippen molar-refractivity contribution >= 4 is 52.8 Å². The van der Waals surface area contributed by atoms with Gasteiger partial charge < -0.3 is 25.4 Å². The molecule has 204 valence electrons. The molecule has 40 heavy (non-hydrogen) atoms. The lowest BCUT2D eigenvalue weighted by atomic mass is 10.1. The van der Waals surface area contributed by atoms with E-state index in [9.17, 15) is 14.4 Å². The fraction of sp³-hybridized carbons (Fsp3) is 0.133. The maximum absolute atomic E-state index is 13.3. The highest BCUT2D eigenvalue weighted by atomic mass is 32.2. The van der Waals surface area contributed by atoms with Crippen LogP contribution in [0.3, 0.4) is 0 Å². The maximum Gasteiger partial charge on any atom is 0.272 e. The number of thioether (sulfide) groups is 1. The predicted molar refractivity (Wildman–Crippen MR) is 158 cm³/mol. The molecule has 4 rings (SSSR count). The van der Waals surface area contributed by atoms with Crippen LogP contribution in [0.5, 0.6) is 0 Å². The third kappa shape index (κ3) is 8.08. The molecular formula is C30H29N5O4S. The fourth-order valence-corrected chi connectivity index (χ4v) is 4.26. The van der Waals surface area contributed by atoms with Gasteiger partial charge in [0.05, 0.1) is 5.75 Å². The van der Waals surface area contributed by atoms with E-state index in [1.165, 1.54) is 11.8 Å². The van der Waals surface area contributed by atoms with Crippen LogP contribution < -0.4 is 20.9 Å². The normalized spacial score (nSPS) is 11.0. The third-order valence-corrected chi connectivity index (χ3v) is 6.64. The summed E-state index contributed by atoms with van der Waals surface area (Å²) in [7, 11) is 3.89. The fourth-order valence-electron chi connectivity index (χ4n) is 3.56. The van der Waals surface area contributed by atoms with E-state index in [0.717, 1.165) is 16.1 Å². The summed E-state index contributed by atoms with van der Waals surface area (Å²) in [6, 6.07) is 25.1. The Morgan fingerprint density at radius 2 is 1.62 bits per heavy atom. The first-order valence-electron chi connectivity index (χ1n) is 12.4. The molecule has 1 aromatic heterocycles. The highest BCUT2D eigenvalue weighted by Gasteiger charge is 2.15. The van der Waals surface area contributed by atoms with Crippen LogP contribution in [0.4, 0.5) is 17.2 Å². The highest BCUT2D eigenvalue weighted by molar-refractivity contribution is 8.00. The smallest absolute Gasteiger partial charge is 0.272 e. The predicted octanol–water partition coefficient (Wildman–Crippen LogP) is 5.19. The number of hydrogen-bond donors (Lipinski definition) is 3. The molecule has 0 bridgehead atoms. The molecule has 4 aromatic rings. The van der Waals surface area contributed by atoms with Crippen molar-refractivity contribution in [3.8, 4) is 0 Å². The van der Waals surface area contributed by atoms with Gasteiger partial charge in [0, 0.05) is 42.0 Å². The highest BCUT2D eigenvalue weighted by Crippen LogP contribution is 2.21. The molecule has 0 radical (unpaired) electrons. The van der Waals surface area contributed by atoms with E-state index >= 15 is 0 Å². The number of nitrogens with one attached hydrogen (secondary N) is 3. The van der Waals surface area contributed by atoms with E-state index in [1.807, 2.05) is 49.3 Å². The Balaban J connectivity index is 1.42. The first-order chi connectivity index (χ1) is 19.3. The summed E-state index contributed by atoms with van der Waals surface area (Å²) >= 11 is 1.34. The van der Waals surface area contributed by atoms with Gasteiger partial charge in [-0.3, -0.25) is 14.4 Å². The molecule has 1 heterocycles. The average molecular weight is 556 g/mol. The largest absolute Gasteiger partial charge is 0.378 e. The molecule has 0 saturated heterocycles. The Hall–Kier alpha value is -4.83. The summed E-state index contributed by atoms with van der Waals surface area (Å²) in [4.78, 5) is 41.1. The van der Waals surface area contributed by atoms with E-state index in [2.05, 4.69) is 21.1 Å². The molecule has 3 N–H and O–H groups in total. The number of benzene rings is 3. The van der Waals surface area contributed by atoms with Crippen molar-refractivity contribution in [1.29, 1.82) is 0 Å². The average Bonchev–Trinajstić information content (AvgIpc) is 3.37. The van der Waals surface area contributed by atoms with Crippen molar-refractivity contribution in [2.24, 2.45) is 0 Å². The monoisotopic (exact) mass is 555 g/mol. The van der Waals surface area contributed by atoms with Gasteiger partial charge in [0.15, 0.2) is 5.82 Å². The number of amides is 3. The molecule has 0 spiro atoms. The molecule has 0 atom stereocenters. The van der Waals surface area contributed by atoms with Crippen LogP contribution in [0.25, 0.3) is 6.08 Å². The Morgan fingerprint density at radius 1 is 0.925 bits per heavy atom. The van der Waals surface area contributed by atoms with Crippen molar-refractivity contribution in [3.63, 3.8) is 0 Å². The van der Waals surface area contributed by atoms with Gasteiger partial charge in [-0.15, -0.1) is 11.8 Å². The van der Waals surface area contributed by atoms with E-state index in [1.54, 1.807) is 67.6 Å². The number of aromatic nitrogens is 1. The molecule has 0 aliphatic heterocycles. The van der Waals surface area contributed by atoms with Crippen molar-refractivity contribution in [2.45, 2.75) is 11.8 Å². The van der Waals surface area contributed by atoms with E-state index < -0.39 is 11.8 Å². The number of carbonyl (C=O) groups excluding carboxylic acids is 3. The van der Waals surface area contributed by atoms with Crippen LogP contribution >= 0.6 is 11.8 Å². The van der Waals surface area contributed by atoms with Gasteiger partial charge in [0.25, 0.3) is 11.8 Å². The van der Waals surface area contributed by atoms with Crippen molar-refractivity contribution in [2.75, 3.05) is 35.4 Å². The minimum absolute atomic E-state index is 0.102. The Kier molecular flexibility index (Phi) is 9.37. The summed E-state index contributed by atoms with van der Waals surface area (Å²) < 4.78 is 4.94. The molecule has 10 heteroatoms. The Labute approximate surface area is 236 Å². The molecule has 3 amide bonds. The maximum atomic E-state index is 13.3. The molecule has 9 nitrogen and oxygen atoms in total. The Bertz CT molecular complexity index is 1500. The van der Waals surface area contributed by atoms with Gasteiger partial charge in [-0.05, 0) is 67.1 Å². The van der Waals surface area contributed by atoms with Gasteiger partial charge in [-0.2, -0.15) is 0 Å². The van der Waals surface area contributed by atoms with Crippen molar-refractivity contribution in [1.82, 2.24) is 10.5 Å². The third-order valence-electron chi connectivity index (χ3n) is 5.63. The zero-order valence-electron chi connectivity index (χ0n) is 22.3. The SMILES string of the molecule is Cc1cc(NC(=O)CSc2ccc(NC(=O)/C(=C/c3ccc(N(C)C)cc3)NC(=O)c3ccccc3)cc2)no1. The molecule has 0 aliphatic rings. The van der Waals surface area contributed by atoms with Crippen LogP contribution in [0.2, 0.25) is 0 Å². The van der Waals surface area contributed by atoms with Crippen molar-refractivity contribution in [3.05, 3.63) is 108 Å². The molecule has 3 aromatic carbocycles. The first-order valence-corrected chi connectivity index (χ1v) is 13.4. The number of hydrogen-bond acceptors (Lipinski definition) is 7. The topological polar surface area (TPSA) is 117 Å². The van der Waals surface area contributed by atoms with Crippen molar-refractivity contribution < 1.29 is 18.9 Å². The summed E-state index contributed by atoms with van der Waals surface area (Å²) in [6.45, 7) is 1.75. The summed E-state index contributed by atoms with van der Waals surface area (Å²) in [5.41, 5.74) is 2.85. The number of aryl methyl sites for hydroxylation is 1. The second-order valence-corrected chi connectivity index (χ2v) is 10.1. The van der Waals surface area contributed by atoms with Crippen LogP contribution in [0, 0.1) is 6.92 Å². The number of carbonyl (C=O) groups is 3. The number of rotatable bonds is 10. The summed E-state index contributed by atoms with van der Waals surface area (Å²) in [6.07, 6.45) is 1.63. The Morgan fingerprint density at radius 3 is 2.25 bits per heavy atom. The molecule has 0 fully saturated rings. The van der Waals surface area contributed by atoms with Gasteiger partial charge in [-0.25, -0.2) is 0 Å². The molecule has 0 aliphatic carbocycles. The minimum Gasteiger partial charge on any atom is -0.378 e. The second kappa shape index (κ2) is 13.3. The molecule has 0 unspecified atom stereocenters. The number of anilines is 3. The molecule has 0 saturated carbocycles. The standard InChI is InChI=1S/C30H29N5O4S/c1-20-17-27(34-39-20)33-28(36)19-40-25-15-11-23(12-16-25)31-30(38)26(32-29(37)22-7-5-4-6-8-22)18-21-9-13-24(14-10-21)35(2)3/h4-18H,19H2,1-3H3,(H,31,38)(H,32,37)(H,33,34,36)/b26-18-. The minimum atomic E-state index is -0.469. The lowest BCUT2D eigenvalue weighted by molar-refractivity contribution is -0.114. The second-order valence-electron chi connectivity index (χ2n) is 9.00. The lowest BCUT2D eigenvalue weighted by Gasteiger charge is -2.13. The van der Waals surface area contributed by atoms with Gasteiger partial charge in [0.2, 0.25) is 5.91 Å². The quantitative estimate of drug-likeness (QED) is 0.182. The van der Waals surface area contributed by atoms with Crippen LogP contribution in [-0.4, -0.2) is 42.7 Å². The van der Waals surface area contributed by atoms with Crippen LogP contribution in [-0.2, 0) is 9.59 Å². The zero-order valence-corrected chi connectivity index (χ0v) is 23.1. The van der Waals surface area contributed by atoms with Gasteiger partial charge in [-0.1, -0.05) is 35.5 Å². The van der Waals surface area contributed by atoms with E-state index in [-0.39, 0.29) is 17.4 Å². The van der Waals surface area contributed by atoms with Crippen LogP contribution in [0.15, 0.2) is 100 Å². The van der Waals surface area contributed by atoms with Gasteiger partial charge in [0.1, 0.15) is 11.5 Å². The number of nitrogens with zero attached hydrogens (tertiary/aromatic N) is 2. The lowest BCUT2D eigenvalue weighted by Crippen LogP contribution is -2.30. The zero-order chi connectivity index (χ0) is 28.5. The molecular weight excluding hydrogens is 526 g/mol. The summed E-state index contributed by atoms with van der Waals surface area (Å²) in [5.74, 6) is 0.0980. The van der Waals surface area contributed by atoms with E-state index in [0.29, 0.717) is 22.8 Å².